The molecule has 1 aromatic carbocycles. The largest absolute Gasteiger partial charge is 0.497 e. The molecule has 1 heterocycles. The van der Waals surface area contributed by atoms with E-state index < -0.39 is 5.97 Å². The molecule has 18 heavy (non-hydrogen) atoms. The summed E-state index contributed by atoms with van der Waals surface area (Å²) in [5.41, 5.74) is 1.14. The highest BCUT2D eigenvalue weighted by molar-refractivity contribution is 6.32. The Labute approximate surface area is 108 Å². The van der Waals surface area contributed by atoms with Crippen LogP contribution in [0.15, 0.2) is 28.8 Å². The number of hydrogen-bond donors (Lipinski definition) is 0. The first-order chi connectivity index (χ1) is 8.67. The highest BCUT2D eigenvalue weighted by Crippen LogP contribution is 2.30. The summed E-state index contributed by atoms with van der Waals surface area (Å²) in [5.74, 6) is 0.111. The number of ether oxygens (including phenoxy) is 2. The number of hydrogen-bond acceptors (Lipinski definition) is 5. The lowest BCUT2D eigenvalue weighted by Gasteiger charge is -2.02. The van der Waals surface area contributed by atoms with E-state index in [2.05, 4.69) is 9.89 Å². The van der Waals surface area contributed by atoms with Gasteiger partial charge in [-0.1, -0.05) is 5.16 Å². The van der Waals surface area contributed by atoms with Gasteiger partial charge in [-0.25, -0.2) is 4.79 Å². The van der Waals surface area contributed by atoms with Crippen LogP contribution in [0.5, 0.6) is 5.75 Å². The molecule has 0 amide bonds. The van der Waals surface area contributed by atoms with Gasteiger partial charge in [-0.15, -0.1) is 0 Å². The number of carbonyl (C=O) groups excluding carboxylic acids is 1. The van der Waals surface area contributed by atoms with Crippen molar-refractivity contribution in [2.24, 2.45) is 0 Å². The van der Waals surface area contributed by atoms with Gasteiger partial charge in [0.2, 0.25) is 5.22 Å². The first-order valence-corrected chi connectivity index (χ1v) is 5.43. The van der Waals surface area contributed by atoms with Crippen molar-refractivity contribution in [3.63, 3.8) is 0 Å². The monoisotopic (exact) mass is 267 g/mol. The Morgan fingerprint density at radius 1 is 1.28 bits per heavy atom. The fourth-order valence-electron chi connectivity index (χ4n) is 1.50. The van der Waals surface area contributed by atoms with E-state index in [1.807, 2.05) is 0 Å². The third-order valence-electron chi connectivity index (χ3n) is 2.40. The van der Waals surface area contributed by atoms with Crippen LogP contribution in [0.25, 0.3) is 11.3 Å². The molecule has 0 saturated carbocycles. The van der Waals surface area contributed by atoms with Crippen LogP contribution >= 0.6 is 11.6 Å². The zero-order valence-electron chi connectivity index (χ0n) is 9.77. The predicted octanol–water partition coefficient (Wildman–Crippen LogP) is 2.79. The smallest absolute Gasteiger partial charge is 0.345 e. The molecule has 6 heteroatoms. The van der Waals surface area contributed by atoms with Crippen molar-refractivity contribution in [2.45, 2.75) is 0 Å². The average molecular weight is 268 g/mol. The van der Waals surface area contributed by atoms with Crippen LogP contribution in [0.1, 0.15) is 10.4 Å². The van der Waals surface area contributed by atoms with E-state index in [9.17, 15) is 4.79 Å². The van der Waals surface area contributed by atoms with Gasteiger partial charge in [0.05, 0.1) is 14.2 Å². The van der Waals surface area contributed by atoms with Gasteiger partial charge in [0.1, 0.15) is 17.0 Å². The van der Waals surface area contributed by atoms with Gasteiger partial charge in [0.25, 0.3) is 0 Å². The molecule has 0 fully saturated rings. The van der Waals surface area contributed by atoms with Gasteiger partial charge in [0, 0.05) is 5.56 Å². The van der Waals surface area contributed by atoms with Gasteiger partial charge in [-0.05, 0) is 35.9 Å². The number of rotatable bonds is 3. The molecule has 0 bridgehead atoms. The van der Waals surface area contributed by atoms with E-state index in [0.717, 1.165) is 0 Å². The lowest BCUT2D eigenvalue weighted by Crippen LogP contribution is -2.02. The second kappa shape index (κ2) is 5.10. The predicted molar refractivity (Wildman–Crippen MR) is 64.8 cm³/mol. The molecule has 0 aliphatic carbocycles. The van der Waals surface area contributed by atoms with Crippen molar-refractivity contribution >= 4 is 17.6 Å². The molecule has 0 unspecified atom stereocenters. The highest BCUT2D eigenvalue weighted by atomic mass is 35.5. The number of esters is 1. The normalized spacial score (nSPS) is 10.2. The Bertz CT molecular complexity index is 562. The molecule has 1 aromatic heterocycles. The lowest BCUT2D eigenvalue weighted by atomic mass is 10.1. The zero-order valence-corrected chi connectivity index (χ0v) is 10.5. The first kappa shape index (κ1) is 12.4. The van der Waals surface area contributed by atoms with Gasteiger partial charge in [0.15, 0.2) is 0 Å². The Morgan fingerprint density at radius 2 is 1.94 bits per heavy atom. The molecule has 0 N–H and O–H groups in total. The fraction of sp³-hybridized carbons (Fsp3) is 0.167. The molecular formula is C12H10ClNO4. The summed E-state index contributed by atoms with van der Waals surface area (Å²) >= 11 is 5.77. The van der Waals surface area contributed by atoms with Crippen molar-refractivity contribution < 1.29 is 18.8 Å². The third kappa shape index (κ3) is 2.17. The second-order valence-corrected chi connectivity index (χ2v) is 3.74. The summed E-state index contributed by atoms with van der Waals surface area (Å²) in [6.45, 7) is 0. The fourth-order valence-corrected chi connectivity index (χ4v) is 1.70. The standard InChI is InChI=1S/C12H10ClNO4/c1-16-8-5-3-7(4-6-8)10-9(12(15)17-2)11(13)18-14-10/h3-6H,1-2H3. The summed E-state index contributed by atoms with van der Waals surface area (Å²) in [4.78, 5) is 11.6. The van der Waals surface area contributed by atoms with Crippen LogP contribution in [0.3, 0.4) is 0 Å². The Hall–Kier alpha value is -2.01. The number of carbonyl (C=O) groups is 1. The average Bonchev–Trinajstić information content (AvgIpc) is 2.80. The van der Waals surface area contributed by atoms with Crippen molar-refractivity contribution in [1.29, 1.82) is 0 Å². The van der Waals surface area contributed by atoms with Crippen LogP contribution in [-0.4, -0.2) is 25.3 Å². The Morgan fingerprint density at radius 3 is 2.50 bits per heavy atom. The summed E-state index contributed by atoms with van der Waals surface area (Å²) in [6.07, 6.45) is 0. The molecule has 2 rings (SSSR count). The Balaban J connectivity index is 2.47. The highest BCUT2D eigenvalue weighted by Gasteiger charge is 2.23. The molecule has 2 aromatic rings. The van der Waals surface area contributed by atoms with Crippen LogP contribution in [0.2, 0.25) is 5.22 Å². The lowest BCUT2D eigenvalue weighted by molar-refractivity contribution is 0.0601. The number of nitrogens with zero attached hydrogens (tertiary/aromatic N) is 1. The van der Waals surface area contributed by atoms with Crippen molar-refractivity contribution in [3.05, 3.63) is 35.0 Å². The minimum atomic E-state index is -0.591. The number of halogens is 1. The maximum absolute atomic E-state index is 11.6. The van der Waals surface area contributed by atoms with Crippen molar-refractivity contribution in [3.8, 4) is 17.0 Å². The van der Waals surface area contributed by atoms with Crippen LogP contribution in [0, 0.1) is 0 Å². The zero-order chi connectivity index (χ0) is 13.1. The molecule has 0 spiro atoms. The number of benzene rings is 1. The topological polar surface area (TPSA) is 61.6 Å². The molecule has 0 saturated heterocycles. The van der Waals surface area contributed by atoms with E-state index in [0.29, 0.717) is 17.0 Å². The maximum Gasteiger partial charge on any atom is 0.345 e. The third-order valence-corrected chi connectivity index (χ3v) is 2.66. The van der Waals surface area contributed by atoms with Crippen molar-refractivity contribution in [1.82, 2.24) is 5.16 Å². The maximum atomic E-state index is 11.6. The molecule has 0 aliphatic rings. The van der Waals surface area contributed by atoms with Gasteiger partial charge < -0.3 is 14.0 Å². The SMILES string of the molecule is COC(=O)c1c(-c2ccc(OC)cc2)noc1Cl. The molecule has 94 valence electrons. The van der Waals surface area contributed by atoms with E-state index >= 15 is 0 Å². The van der Waals surface area contributed by atoms with Gasteiger partial charge in [-0.3, -0.25) is 0 Å². The first-order valence-electron chi connectivity index (χ1n) is 5.05. The van der Waals surface area contributed by atoms with E-state index in [4.69, 9.17) is 20.9 Å². The second-order valence-electron chi connectivity index (χ2n) is 3.40. The number of aromatic nitrogens is 1. The summed E-state index contributed by atoms with van der Waals surface area (Å²) in [5, 5.41) is 3.67. The summed E-state index contributed by atoms with van der Waals surface area (Å²) in [6, 6.07) is 7.00. The van der Waals surface area contributed by atoms with E-state index in [-0.39, 0.29) is 10.8 Å². The summed E-state index contributed by atoms with van der Waals surface area (Å²) in [7, 11) is 2.84. The van der Waals surface area contributed by atoms with Crippen LogP contribution in [0.4, 0.5) is 0 Å². The summed E-state index contributed by atoms with van der Waals surface area (Å²) < 4.78 is 14.5. The minimum absolute atomic E-state index is 0.0901. The van der Waals surface area contributed by atoms with Gasteiger partial charge >= 0.3 is 5.97 Å². The molecular weight excluding hydrogens is 258 g/mol. The van der Waals surface area contributed by atoms with E-state index in [1.54, 1.807) is 31.4 Å². The minimum Gasteiger partial charge on any atom is -0.497 e. The van der Waals surface area contributed by atoms with Crippen LogP contribution < -0.4 is 4.74 Å². The number of methoxy groups -OCH3 is 2. The molecule has 0 atom stereocenters. The Kier molecular flexibility index (Phi) is 3.53. The van der Waals surface area contributed by atoms with Gasteiger partial charge in [-0.2, -0.15) is 0 Å². The quantitative estimate of drug-likeness (QED) is 0.800. The van der Waals surface area contributed by atoms with Crippen LogP contribution in [-0.2, 0) is 4.74 Å². The molecule has 0 radical (unpaired) electrons. The molecule has 0 aliphatic heterocycles. The molecule has 5 nitrogen and oxygen atoms in total. The van der Waals surface area contributed by atoms with Crippen molar-refractivity contribution in [2.75, 3.05) is 14.2 Å². The van der Waals surface area contributed by atoms with E-state index in [1.165, 1.54) is 7.11 Å².